The van der Waals surface area contributed by atoms with Gasteiger partial charge in [-0.25, -0.2) is 4.79 Å². The molecule has 0 aliphatic rings. The summed E-state index contributed by atoms with van der Waals surface area (Å²) >= 11 is 0. The van der Waals surface area contributed by atoms with E-state index < -0.39 is 5.97 Å². The average molecular weight is 392 g/mol. The zero-order chi connectivity index (χ0) is 20.2. The second kappa shape index (κ2) is 8.14. The Morgan fingerprint density at radius 2 is 2.00 bits per heavy atom. The summed E-state index contributed by atoms with van der Waals surface area (Å²) in [5, 5.41) is 8.04. The van der Waals surface area contributed by atoms with Crippen LogP contribution in [0.5, 0.6) is 0 Å². The molecule has 3 heterocycles. The lowest BCUT2D eigenvalue weighted by atomic mass is 10.0. The molecular weight excluding hydrogens is 372 g/mol. The van der Waals surface area contributed by atoms with Gasteiger partial charge in [-0.15, -0.1) is 0 Å². The van der Waals surface area contributed by atoms with Crippen LogP contribution in [0.1, 0.15) is 47.5 Å². The van der Waals surface area contributed by atoms with Gasteiger partial charge < -0.3 is 13.7 Å². The van der Waals surface area contributed by atoms with Gasteiger partial charge in [-0.3, -0.25) is 4.68 Å². The van der Waals surface area contributed by atoms with Gasteiger partial charge in [0.2, 0.25) is 11.6 Å². The van der Waals surface area contributed by atoms with Crippen LogP contribution in [0.25, 0.3) is 11.4 Å². The number of ether oxygens (including phenoxy) is 1. The summed E-state index contributed by atoms with van der Waals surface area (Å²) in [7, 11) is 0. The lowest BCUT2D eigenvalue weighted by molar-refractivity contribution is 0.0391. The molecule has 0 atom stereocenters. The number of hydrogen-bond donors (Lipinski definition) is 0. The van der Waals surface area contributed by atoms with E-state index in [0.717, 1.165) is 5.56 Å². The van der Waals surface area contributed by atoms with E-state index in [0.29, 0.717) is 24.0 Å². The van der Waals surface area contributed by atoms with Crippen molar-refractivity contribution in [1.82, 2.24) is 19.9 Å². The topological polar surface area (TPSA) is 96.2 Å². The predicted octanol–water partition coefficient (Wildman–Crippen LogP) is 4.05. The molecule has 0 amide bonds. The second-order valence-corrected chi connectivity index (χ2v) is 6.83. The number of esters is 1. The van der Waals surface area contributed by atoms with E-state index >= 15 is 0 Å². The van der Waals surface area contributed by atoms with Gasteiger partial charge in [0.25, 0.3) is 5.89 Å². The van der Waals surface area contributed by atoms with E-state index in [4.69, 9.17) is 13.7 Å². The van der Waals surface area contributed by atoms with Gasteiger partial charge in [-0.1, -0.05) is 43.3 Å². The smallest absolute Gasteiger partial charge is 0.374 e. The third-order valence-corrected chi connectivity index (χ3v) is 4.37. The summed E-state index contributed by atoms with van der Waals surface area (Å²) in [6, 6.07) is 13.1. The van der Waals surface area contributed by atoms with Crippen LogP contribution in [-0.4, -0.2) is 25.9 Å². The molecule has 0 aliphatic heterocycles. The molecule has 0 bridgehead atoms. The van der Waals surface area contributed by atoms with E-state index in [1.165, 1.54) is 5.56 Å². The van der Waals surface area contributed by atoms with Gasteiger partial charge in [-0.05, 0) is 29.7 Å². The number of rotatable bonds is 7. The first kappa shape index (κ1) is 18.7. The van der Waals surface area contributed by atoms with Crippen LogP contribution < -0.4 is 0 Å². The molecule has 8 nitrogen and oxygen atoms in total. The molecule has 0 saturated carbocycles. The molecule has 1 aromatic carbocycles. The summed E-state index contributed by atoms with van der Waals surface area (Å²) in [4.78, 5) is 16.5. The van der Waals surface area contributed by atoms with Crippen LogP contribution in [0.2, 0.25) is 0 Å². The fourth-order valence-electron chi connectivity index (χ4n) is 2.77. The van der Waals surface area contributed by atoms with Gasteiger partial charge in [0.05, 0.1) is 6.54 Å². The zero-order valence-corrected chi connectivity index (χ0v) is 16.1. The Kier molecular flexibility index (Phi) is 5.24. The molecule has 0 N–H and O–H groups in total. The maximum absolute atomic E-state index is 12.2. The van der Waals surface area contributed by atoms with Gasteiger partial charge >= 0.3 is 5.97 Å². The molecule has 8 heteroatoms. The first-order valence-electron chi connectivity index (χ1n) is 9.24. The van der Waals surface area contributed by atoms with E-state index in [1.54, 1.807) is 23.0 Å². The van der Waals surface area contributed by atoms with Crippen LogP contribution >= 0.6 is 0 Å². The van der Waals surface area contributed by atoms with Crippen molar-refractivity contribution in [3.8, 4) is 11.4 Å². The molecule has 0 saturated heterocycles. The normalized spacial score (nSPS) is 11.1. The number of aromatic nitrogens is 4. The van der Waals surface area contributed by atoms with E-state index in [9.17, 15) is 4.79 Å². The van der Waals surface area contributed by atoms with Gasteiger partial charge in [-0.2, -0.15) is 10.1 Å². The quantitative estimate of drug-likeness (QED) is 0.438. The number of hydrogen-bond acceptors (Lipinski definition) is 7. The standard InChI is InChI=1S/C21H20N4O4/c1-14(2)15-4-6-16(7-5-15)20-23-19(29-24-20)13-27-21(26)18-9-8-17(28-18)12-25-11-3-10-22-25/h3-11,14H,12-13H2,1-2H3. The number of carbonyl (C=O) groups is 1. The van der Waals surface area contributed by atoms with Crippen molar-refractivity contribution in [2.24, 2.45) is 0 Å². The van der Waals surface area contributed by atoms with Gasteiger partial charge in [0.1, 0.15) is 5.76 Å². The van der Waals surface area contributed by atoms with Crippen molar-refractivity contribution in [1.29, 1.82) is 0 Å². The average Bonchev–Trinajstić information content (AvgIpc) is 3.49. The minimum absolute atomic E-state index is 0.108. The van der Waals surface area contributed by atoms with Crippen molar-refractivity contribution in [3.63, 3.8) is 0 Å². The Labute approximate surface area is 167 Å². The highest BCUT2D eigenvalue weighted by Gasteiger charge is 2.16. The van der Waals surface area contributed by atoms with Crippen molar-refractivity contribution in [3.05, 3.63) is 77.8 Å². The van der Waals surface area contributed by atoms with Crippen LogP contribution in [-0.2, 0) is 17.9 Å². The first-order chi connectivity index (χ1) is 14.1. The largest absolute Gasteiger partial charge is 0.452 e. The monoisotopic (exact) mass is 392 g/mol. The highest BCUT2D eigenvalue weighted by Crippen LogP contribution is 2.21. The molecule has 0 aliphatic carbocycles. The minimum Gasteiger partial charge on any atom is -0.452 e. The summed E-state index contributed by atoms with van der Waals surface area (Å²) in [5.41, 5.74) is 2.07. The van der Waals surface area contributed by atoms with Crippen molar-refractivity contribution in [2.75, 3.05) is 0 Å². The van der Waals surface area contributed by atoms with Gasteiger partial charge in [0.15, 0.2) is 6.61 Å². The summed E-state index contributed by atoms with van der Waals surface area (Å²) in [6.45, 7) is 4.57. The number of benzene rings is 1. The van der Waals surface area contributed by atoms with E-state index in [-0.39, 0.29) is 18.3 Å². The zero-order valence-electron chi connectivity index (χ0n) is 16.1. The second-order valence-electron chi connectivity index (χ2n) is 6.83. The Morgan fingerprint density at radius 1 is 1.17 bits per heavy atom. The molecular formula is C21H20N4O4. The lowest BCUT2D eigenvalue weighted by Crippen LogP contribution is -2.04. The molecule has 0 radical (unpaired) electrons. The number of carbonyl (C=O) groups excluding carboxylic acids is 1. The Morgan fingerprint density at radius 3 is 2.72 bits per heavy atom. The SMILES string of the molecule is CC(C)c1ccc(-c2noc(COC(=O)c3ccc(Cn4cccn4)o3)n2)cc1. The number of nitrogens with zero attached hydrogens (tertiary/aromatic N) is 4. The molecule has 0 spiro atoms. The molecule has 29 heavy (non-hydrogen) atoms. The molecule has 3 aromatic heterocycles. The minimum atomic E-state index is -0.599. The third kappa shape index (κ3) is 4.43. The Balaban J connectivity index is 1.34. The van der Waals surface area contributed by atoms with Crippen LogP contribution in [0.3, 0.4) is 0 Å². The molecule has 0 fully saturated rings. The van der Waals surface area contributed by atoms with Crippen molar-refractivity contribution in [2.45, 2.75) is 32.9 Å². The fourth-order valence-corrected chi connectivity index (χ4v) is 2.77. The van der Waals surface area contributed by atoms with Crippen molar-refractivity contribution < 1.29 is 18.5 Å². The summed E-state index contributed by atoms with van der Waals surface area (Å²) in [6.07, 6.45) is 3.49. The van der Waals surface area contributed by atoms with Gasteiger partial charge in [0, 0.05) is 18.0 Å². The third-order valence-electron chi connectivity index (χ3n) is 4.37. The highest BCUT2D eigenvalue weighted by molar-refractivity contribution is 5.86. The van der Waals surface area contributed by atoms with Crippen LogP contribution in [0.4, 0.5) is 0 Å². The van der Waals surface area contributed by atoms with Crippen molar-refractivity contribution >= 4 is 5.97 Å². The maximum Gasteiger partial charge on any atom is 0.374 e. The van der Waals surface area contributed by atoms with E-state index in [1.807, 2.05) is 36.5 Å². The summed E-state index contributed by atoms with van der Waals surface area (Å²) < 4.78 is 17.6. The molecule has 148 valence electrons. The molecule has 4 rings (SSSR count). The van der Waals surface area contributed by atoms with Crippen LogP contribution in [0.15, 0.2) is 63.8 Å². The predicted molar refractivity (Wildman–Crippen MR) is 103 cm³/mol. The van der Waals surface area contributed by atoms with Crippen LogP contribution in [0, 0.1) is 0 Å². The Bertz CT molecular complexity index is 1080. The molecule has 0 unspecified atom stereocenters. The number of furan rings is 1. The lowest BCUT2D eigenvalue weighted by Gasteiger charge is -2.04. The molecule has 4 aromatic rings. The fraction of sp³-hybridized carbons (Fsp3) is 0.238. The maximum atomic E-state index is 12.2. The van der Waals surface area contributed by atoms with E-state index in [2.05, 4.69) is 29.1 Å². The first-order valence-corrected chi connectivity index (χ1v) is 9.24. The summed E-state index contributed by atoms with van der Waals surface area (Å²) in [5.74, 6) is 1.22. The Hall–Kier alpha value is -3.68. The highest BCUT2D eigenvalue weighted by atomic mass is 16.6.